The van der Waals surface area contributed by atoms with Gasteiger partial charge >= 0.3 is 0 Å². The van der Waals surface area contributed by atoms with E-state index in [1.165, 1.54) is 10.5 Å². The maximum absolute atomic E-state index is 12.3. The van der Waals surface area contributed by atoms with Gasteiger partial charge in [-0.3, -0.25) is 14.5 Å². The van der Waals surface area contributed by atoms with Gasteiger partial charge < -0.3 is 4.90 Å². The molecule has 2 aromatic carbocycles. The molecule has 0 aliphatic carbocycles. The summed E-state index contributed by atoms with van der Waals surface area (Å²) in [7, 11) is 1.99. The Balaban J connectivity index is 1.59. The lowest BCUT2D eigenvalue weighted by molar-refractivity contribution is 0.0640. The van der Waals surface area contributed by atoms with Gasteiger partial charge in [0.25, 0.3) is 11.8 Å². The van der Waals surface area contributed by atoms with Gasteiger partial charge in [-0.25, -0.2) is 0 Å². The SMILES string of the molecule is CN(CCN1C(=O)c2ccccc2C1=O)Cc1ccc(Br)cc1. The zero-order valence-corrected chi connectivity index (χ0v) is 14.4. The van der Waals surface area contributed by atoms with Crippen LogP contribution in [-0.2, 0) is 6.54 Å². The van der Waals surface area contributed by atoms with Gasteiger partial charge in [0.15, 0.2) is 0 Å². The number of rotatable bonds is 5. The first-order valence-corrected chi connectivity index (χ1v) is 8.24. The summed E-state index contributed by atoms with van der Waals surface area (Å²) in [6.07, 6.45) is 0. The van der Waals surface area contributed by atoms with Gasteiger partial charge in [0.2, 0.25) is 0 Å². The molecule has 0 N–H and O–H groups in total. The first-order valence-electron chi connectivity index (χ1n) is 7.44. The molecule has 1 heterocycles. The summed E-state index contributed by atoms with van der Waals surface area (Å²) >= 11 is 3.42. The predicted molar refractivity (Wildman–Crippen MR) is 92.3 cm³/mol. The molecule has 118 valence electrons. The number of likely N-dealkylation sites (N-methyl/N-ethyl adjacent to an activating group) is 1. The Kier molecular flexibility index (Phi) is 4.59. The van der Waals surface area contributed by atoms with Crippen molar-refractivity contribution >= 4 is 27.7 Å². The van der Waals surface area contributed by atoms with E-state index in [1.807, 2.05) is 19.2 Å². The maximum atomic E-state index is 12.3. The summed E-state index contributed by atoms with van der Waals surface area (Å²) in [6, 6.07) is 15.1. The Hall–Kier alpha value is -1.98. The number of carbonyl (C=O) groups excluding carboxylic acids is 2. The second-order valence-electron chi connectivity index (χ2n) is 5.67. The zero-order valence-electron chi connectivity index (χ0n) is 12.8. The molecular formula is C18H17BrN2O2. The fourth-order valence-electron chi connectivity index (χ4n) is 2.69. The predicted octanol–water partition coefficient (Wildman–Crippen LogP) is 3.18. The Morgan fingerprint density at radius 2 is 1.52 bits per heavy atom. The van der Waals surface area contributed by atoms with Crippen LogP contribution >= 0.6 is 15.9 Å². The number of amides is 2. The molecule has 0 saturated carbocycles. The van der Waals surface area contributed by atoms with Crippen LogP contribution in [0.4, 0.5) is 0 Å². The fraction of sp³-hybridized carbons (Fsp3) is 0.222. The number of nitrogens with zero attached hydrogens (tertiary/aromatic N) is 2. The zero-order chi connectivity index (χ0) is 16.4. The molecule has 5 heteroatoms. The number of hydrogen-bond acceptors (Lipinski definition) is 3. The summed E-state index contributed by atoms with van der Waals surface area (Å²) in [5.41, 5.74) is 2.21. The Labute approximate surface area is 143 Å². The molecule has 23 heavy (non-hydrogen) atoms. The van der Waals surface area contributed by atoms with Gasteiger partial charge in [-0.05, 0) is 36.9 Å². The third kappa shape index (κ3) is 3.35. The molecule has 0 aromatic heterocycles. The molecule has 0 saturated heterocycles. The summed E-state index contributed by atoms with van der Waals surface area (Å²) in [4.78, 5) is 28.0. The fourth-order valence-corrected chi connectivity index (χ4v) is 2.96. The highest BCUT2D eigenvalue weighted by molar-refractivity contribution is 9.10. The third-order valence-corrected chi connectivity index (χ3v) is 4.48. The monoisotopic (exact) mass is 372 g/mol. The largest absolute Gasteiger partial charge is 0.300 e. The quantitative estimate of drug-likeness (QED) is 0.756. The normalized spacial score (nSPS) is 13.8. The number of fused-ring (bicyclic) bond motifs is 1. The minimum atomic E-state index is -0.192. The molecule has 2 aromatic rings. The number of imide groups is 1. The van der Waals surface area contributed by atoms with Gasteiger partial charge in [0, 0.05) is 24.1 Å². The Bertz CT molecular complexity index is 708. The van der Waals surface area contributed by atoms with Crippen molar-refractivity contribution in [1.82, 2.24) is 9.80 Å². The van der Waals surface area contributed by atoms with Crippen molar-refractivity contribution in [2.24, 2.45) is 0 Å². The molecule has 4 nitrogen and oxygen atoms in total. The van der Waals surface area contributed by atoms with Gasteiger partial charge in [-0.2, -0.15) is 0 Å². The number of hydrogen-bond donors (Lipinski definition) is 0. The Morgan fingerprint density at radius 3 is 2.09 bits per heavy atom. The van der Waals surface area contributed by atoms with Gasteiger partial charge in [0.05, 0.1) is 11.1 Å². The highest BCUT2D eigenvalue weighted by Crippen LogP contribution is 2.22. The lowest BCUT2D eigenvalue weighted by Crippen LogP contribution is -2.36. The summed E-state index contributed by atoms with van der Waals surface area (Å²) < 4.78 is 1.05. The van der Waals surface area contributed by atoms with E-state index in [4.69, 9.17) is 0 Å². The van der Waals surface area contributed by atoms with Crippen molar-refractivity contribution in [2.45, 2.75) is 6.54 Å². The van der Waals surface area contributed by atoms with E-state index in [2.05, 4.69) is 33.0 Å². The van der Waals surface area contributed by atoms with E-state index in [-0.39, 0.29) is 11.8 Å². The van der Waals surface area contributed by atoms with E-state index in [9.17, 15) is 9.59 Å². The van der Waals surface area contributed by atoms with Crippen LogP contribution in [0.5, 0.6) is 0 Å². The highest BCUT2D eigenvalue weighted by atomic mass is 79.9. The smallest absolute Gasteiger partial charge is 0.261 e. The van der Waals surface area contributed by atoms with Crippen LogP contribution in [-0.4, -0.2) is 41.8 Å². The van der Waals surface area contributed by atoms with Crippen LogP contribution in [0.25, 0.3) is 0 Å². The first kappa shape index (κ1) is 15.9. The molecule has 0 spiro atoms. The molecule has 0 atom stereocenters. The number of carbonyl (C=O) groups is 2. The molecule has 1 aliphatic rings. The molecule has 0 radical (unpaired) electrons. The van der Waals surface area contributed by atoms with E-state index < -0.39 is 0 Å². The van der Waals surface area contributed by atoms with Crippen molar-refractivity contribution in [2.75, 3.05) is 20.1 Å². The lowest BCUT2D eigenvalue weighted by atomic mass is 10.1. The molecule has 0 unspecified atom stereocenters. The van der Waals surface area contributed by atoms with Crippen molar-refractivity contribution in [3.63, 3.8) is 0 Å². The summed E-state index contributed by atoms with van der Waals surface area (Å²) in [5.74, 6) is -0.384. The highest BCUT2D eigenvalue weighted by Gasteiger charge is 2.34. The second kappa shape index (κ2) is 6.64. The standard InChI is InChI=1S/C18H17BrN2O2/c1-20(12-13-6-8-14(19)9-7-13)10-11-21-17(22)15-4-2-3-5-16(15)18(21)23/h2-9H,10-12H2,1H3. The number of halogens is 1. The van der Waals surface area contributed by atoms with Crippen LogP contribution in [0.1, 0.15) is 26.3 Å². The van der Waals surface area contributed by atoms with Crippen molar-refractivity contribution in [3.05, 3.63) is 69.7 Å². The van der Waals surface area contributed by atoms with Gasteiger partial charge in [-0.1, -0.05) is 40.2 Å². The lowest BCUT2D eigenvalue weighted by Gasteiger charge is -2.20. The van der Waals surface area contributed by atoms with Crippen LogP contribution in [0.15, 0.2) is 53.0 Å². The van der Waals surface area contributed by atoms with Crippen LogP contribution in [0, 0.1) is 0 Å². The summed E-state index contributed by atoms with van der Waals surface area (Å²) in [5, 5.41) is 0. The topological polar surface area (TPSA) is 40.6 Å². The van der Waals surface area contributed by atoms with E-state index in [0.717, 1.165) is 11.0 Å². The minimum absolute atomic E-state index is 0.192. The average molecular weight is 373 g/mol. The van der Waals surface area contributed by atoms with Gasteiger partial charge in [0.1, 0.15) is 0 Å². The summed E-state index contributed by atoms with van der Waals surface area (Å²) in [6.45, 7) is 1.82. The maximum Gasteiger partial charge on any atom is 0.261 e. The van der Waals surface area contributed by atoms with Crippen LogP contribution < -0.4 is 0 Å². The molecule has 0 bridgehead atoms. The van der Waals surface area contributed by atoms with Crippen molar-refractivity contribution < 1.29 is 9.59 Å². The Morgan fingerprint density at radius 1 is 0.957 bits per heavy atom. The molecule has 3 rings (SSSR count). The average Bonchev–Trinajstić information content (AvgIpc) is 2.80. The van der Waals surface area contributed by atoms with Crippen LogP contribution in [0.2, 0.25) is 0 Å². The number of benzene rings is 2. The van der Waals surface area contributed by atoms with Gasteiger partial charge in [-0.15, -0.1) is 0 Å². The van der Waals surface area contributed by atoms with E-state index in [0.29, 0.717) is 24.2 Å². The first-order chi connectivity index (χ1) is 11.1. The molecular weight excluding hydrogens is 356 g/mol. The molecule has 2 amide bonds. The van der Waals surface area contributed by atoms with E-state index >= 15 is 0 Å². The van der Waals surface area contributed by atoms with Crippen LogP contribution in [0.3, 0.4) is 0 Å². The minimum Gasteiger partial charge on any atom is -0.300 e. The van der Waals surface area contributed by atoms with E-state index in [1.54, 1.807) is 24.3 Å². The van der Waals surface area contributed by atoms with Crippen molar-refractivity contribution in [1.29, 1.82) is 0 Å². The molecule has 0 fully saturated rings. The second-order valence-corrected chi connectivity index (χ2v) is 6.59. The third-order valence-electron chi connectivity index (χ3n) is 3.95. The van der Waals surface area contributed by atoms with Crippen molar-refractivity contribution in [3.8, 4) is 0 Å². The molecule has 1 aliphatic heterocycles.